The topological polar surface area (TPSA) is 92.3 Å². The number of carbonyl (C=O) groups is 1. The van der Waals surface area contributed by atoms with Crippen molar-refractivity contribution in [3.8, 4) is 5.75 Å². The standard InChI is InChI=1S/C32H29N3O4/c36-32(31-16-23-10-11-25(17-30(23)35-31)37-20-22-6-2-1-3-7-22)38-21-27-13-12-26(39-27)19-33-15-14-24-18-34-29-9-5-4-8-28(24)29/h1-13,16-18,33-35H,14-15,19-21H2. The molecule has 0 aliphatic heterocycles. The third-order valence-corrected chi connectivity index (χ3v) is 6.67. The molecule has 0 unspecified atom stereocenters. The highest BCUT2D eigenvalue weighted by Crippen LogP contribution is 2.23. The van der Waals surface area contributed by atoms with Crippen molar-refractivity contribution in [1.82, 2.24) is 15.3 Å². The minimum absolute atomic E-state index is 0.0645. The van der Waals surface area contributed by atoms with E-state index in [0.29, 0.717) is 24.6 Å². The lowest BCUT2D eigenvalue weighted by molar-refractivity contribution is 0.0438. The number of H-pyrrole nitrogens is 2. The van der Waals surface area contributed by atoms with Crippen LogP contribution in [0.4, 0.5) is 0 Å². The molecule has 0 amide bonds. The molecule has 3 N–H and O–H groups in total. The van der Waals surface area contributed by atoms with Gasteiger partial charge in [-0.25, -0.2) is 4.79 Å². The Balaban J connectivity index is 0.975. The number of benzene rings is 3. The second-order valence-electron chi connectivity index (χ2n) is 9.44. The highest BCUT2D eigenvalue weighted by molar-refractivity contribution is 5.95. The quantitative estimate of drug-likeness (QED) is 0.134. The molecular formula is C32H29N3O4. The average molecular weight is 520 g/mol. The summed E-state index contributed by atoms with van der Waals surface area (Å²) in [6.07, 6.45) is 2.98. The van der Waals surface area contributed by atoms with Gasteiger partial charge < -0.3 is 29.2 Å². The van der Waals surface area contributed by atoms with Gasteiger partial charge in [0.05, 0.1) is 6.54 Å². The second-order valence-corrected chi connectivity index (χ2v) is 9.44. The molecule has 3 aromatic heterocycles. The van der Waals surface area contributed by atoms with E-state index in [2.05, 4.69) is 39.7 Å². The Bertz CT molecular complexity index is 1700. The Hall–Kier alpha value is -4.75. The molecule has 0 aliphatic carbocycles. The van der Waals surface area contributed by atoms with Gasteiger partial charge in [0.1, 0.15) is 36.2 Å². The van der Waals surface area contributed by atoms with Crippen molar-refractivity contribution in [1.29, 1.82) is 0 Å². The smallest absolute Gasteiger partial charge is 0.355 e. The van der Waals surface area contributed by atoms with Crippen LogP contribution in [0.25, 0.3) is 21.8 Å². The highest BCUT2D eigenvalue weighted by Gasteiger charge is 2.13. The molecule has 3 heterocycles. The SMILES string of the molecule is O=C(OCc1ccc(CNCCc2c[nH]c3ccccc23)o1)c1cc2ccc(OCc3ccccc3)cc2[nH]1. The van der Waals surface area contributed by atoms with Gasteiger partial charge in [0.15, 0.2) is 0 Å². The summed E-state index contributed by atoms with van der Waals surface area (Å²) in [4.78, 5) is 19.1. The predicted molar refractivity (Wildman–Crippen MR) is 151 cm³/mol. The molecule has 7 heteroatoms. The van der Waals surface area contributed by atoms with Gasteiger partial charge in [-0.15, -0.1) is 0 Å². The van der Waals surface area contributed by atoms with E-state index >= 15 is 0 Å². The van der Waals surface area contributed by atoms with Crippen LogP contribution in [0.1, 0.15) is 33.1 Å². The molecule has 196 valence electrons. The number of nitrogens with one attached hydrogen (secondary N) is 3. The number of furan rings is 1. The molecule has 0 aliphatic rings. The number of aromatic nitrogens is 2. The van der Waals surface area contributed by atoms with Crippen LogP contribution in [0.2, 0.25) is 0 Å². The van der Waals surface area contributed by atoms with Gasteiger partial charge >= 0.3 is 5.97 Å². The van der Waals surface area contributed by atoms with Crippen molar-refractivity contribution in [2.75, 3.05) is 6.54 Å². The lowest BCUT2D eigenvalue weighted by Gasteiger charge is -2.06. The second kappa shape index (κ2) is 11.3. The summed E-state index contributed by atoms with van der Waals surface area (Å²) in [5.41, 5.74) is 4.74. The molecule has 0 radical (unpaired) electrons. The van der Waals surface area contributed by atoms with Gasteiger partial charge in [0.2, 0.25) is 0 Å². The van der Waals surface area contributed by atoms with E-state index in [1.807, 2.05) is 66.7 Å². The summed E-state index contributed by atoms with van der Waals surface area (Å²) in [5, 5.41) is 5.58. The molecule has 0 atom stereocenters. The number of para-hydroxylation sites is 1. The zero-order valence-electron chi connectivity index (χ0n) is 21.4. The van der Waals surface area contributed by atoms with Crippen molar-refractivity contribution < 1.29 is 18.7 Å². The van der Waals surface area contributed by atoms with E-state index in [4.69, 9.17) is 13.9 Å². The van der Waals surface area contributed by atoms with E-state index in [9.17, 15) is 4.79 Å². The number of carbonyl (C=O) groups excluding carboxylic acids is 1. The van der Waals surface area contributed by atoms with Crippen molar-refractivity contribution in [3.05, 3.63) is 126 Å². The molecular weight excluding hydrogens is 490 g/mol. The van der Waals surface area contributed by atoms with Crippen LogP contribution in [0.15, 0.2) is 102 Å². The first-order valence-electron chi connectivity index (χ1n) is 13.0. The number of esters is 1. The Labute approximate surface area is 225 Å². The molecule has 0 bridgehead atoms. The van der Waals surface area contributed by atoms with Gasteiger partial charge in [-0.1, -0.05) is 48.5 Å². The van der Waals surface area contributed by atoms with Crippen LogP contribution in [-0.4, -0.2) is 22.5 Å². The number of fused-ring (bicyclic) bond motifs is 2. The van der Waals surface area contributed by atoms with E-state index in [-0.39, 0.29) is 6.61 Å². The molecule has 6 aromatic rings. The summed E-state index contributed by atoms with van der Waals surface area (Å²) in [7, 11) is 0. The first-order valence-corrected chi connectivity index (χ1v) is 13.0. The average Bonchev–Trinajstić information content (AvgIpc) is 3.72. The molecule has 6 rings (SSSR count). The number of hydrogen-bond donors (Lipinski definition) is 3. The maximum Gasteiger partial charge on any atom is 0.355 e. The van der Waals surface area contributed by atoms with E-state index in [0.717, 1.165) is 46.5 Å². The van der Waals surface area contributed by atoms with E-state index in [1.54, 1.807) is 6.07 Å². The van der Waals surface area contributed by atoms with Crippen LogP contribution in [0, 0.1) is 0 Å². The van der Waals surface area contributed by atoms with Gasteiger partial charge in [0, 0.05) is 34.1 Å². The van der Waals surface area contributed by atoms with Crippen molar-refractivity contribution in [3.63, 3.8) is 0 Å². The minimum Gasteiger partial charge on any atom is -0.489 e. The van der Waals surface area contributed by atoms with Crippen molar-refractivity contribution in [2.45, 2.75) is 26.2 Å². The Morgan fingerprint density at radius 3 is 2.62 bits per heavy atom. The molecule has 3 aromatic carbocycles. The van der Waals surface area contributed by atoms with Gasteiger partial charge in [0.25, 0.3) is 0 Å². The molecule has 39 heavy (non-hydrogen) atoms. The summed E-state index contributed by atoms with van der Waals surface area (Å²) in [6, 6.07) is 29.5. The molecule has 0 fully saturated rings. The van der Waals surface area contributed by atoms with Gasteiger partial charge in [-0.2, -0.15) is 0 Å². The van der Waals surface area contributed by atoms with Crippen molar-refractivity contribution >= 4 is 27.8 Å². The van der Waals surface area contributed by atoms with Crippen LogP contribution in [0.5, 0.6) is 5.75 Å². The fourth-order valence-corrected chi connectivity index (χ4v) is 4.63. The van der Waals surface area contributed by atoms with Crippen LogP contribution in [-0.2, 0) is 30.9 Å². The lowest BCUT2D eigenvalue weighted by atomic mass is 10.1. The monoisotopic (exact) mass is 519 g/mol. The Morgan fingerprint density at radius 2 is 1.69 bits per heavy atom. The maximum absolute atomic E-state index is 12.7. The summed E-state index contributed by atoms with van der Waals surface area (Å²) < 4.78 is 17.2. The first-order chi connectivity index (χ1) is 19.2. The third-order valence-electron chi connectivity index (χ3n) is 6.67. The summed E-state index contributed by atoms with van der Waals surface area (Å²) in [5.74, 6) is 1.69. The normalized spacial score (nSPS) is 11.3. The van der Waals surface area contributed by atoms with E-state index in [1.165, 1.54) is 10.9 Å². The third kappa shape index (κ3) is 5.89. The predicted octanol–water partition coefficient (Wildman–Crippen LogP) is 6.51. The summed E-state index contributed by atoms with van der Waals surface area (Å²) >= 11 is 0. The fraction of sp³-hybridized carbons (Fsp3) is 0.156. The molecule has 0 spiro atoms. The molecule has 0 saturated carbocycles. The highest BCUT2D eigenvalue weighted by atomic mass is 16.5. The number of rotatable bonds is 11. The Kier molecular flexibility index (Phi) is 7.14. The van der Waals surface area contributed by atoms with Gasteiger partial charge in [-0.3, -0.25) is 0 Å². The first kappa shape index (κ1) is 24.6. The number of ether oxygens (including phenoxy) is 2. The Morgan fingerprint density at radius 1 is 0.846 bits per heavy atom. The fourth-order valence-electron chi connectivity index (χ4n) is 4.63. The van der Waals surface area contributed by atoms with Gasteiger partial charge in [-0.05, 0) is 60.5 Å². The van der Waals surface area contributed by atoms with Crippen LogP contribution < -0.4 is 10.1 Å². The lowest BCUT2D eigenvalue weighted by Crippen LogP contribution is -2.16. The van der Waals surface area contributed by atoms with Crippen LogP contribution in [0.3, 0.4) is 0 Å². The minimum atomic E-state index is -0.437. The van der Waals surface area contributed by atoms with Crippen LogP contribution >= 0.6 is 0 Å². The largest absolute Gasteiger partial charge is 0.489 e. The number of aromatic amines is 2. The van der Waals surface area contributed by atoms with Crippen molar-refractivity contribution in [2.24, 2.45) is 0 Å². The molecule has 7 nitrogen and oxygen atoms in total. The molecule has 0 saturated heterocycles. The summed E-state index contributed by atoms with van der Waals surface area (Å²) in [6.45, 7) is 1.97. The zero-order chi connectivity index (χ0) is 26.4. The zero-order valence-corrected chi connectivity index (χ0v) is 21.4. The van der Waals surface area contributed by atoms with E-state index < -0.39 is 5.97 Å². The number of hydrogen-bond acceptors (Lipinski definition) is 5. The maximum atomic E-state index is 12.7.